The van der Waals surface area contributed by atoms with Crippen molar-refractivity contribution in [1.29, 1.82) is 0 Å². The summed E-state index contributed by atoms with van der Waals surface area (Å²) < 4.78 is 4.67. The van der Waals surface area contributed by atoms with Crippen LogP contribution < -0.4 is 5.32 Å². The lowest BCUT2D eigenvalue weighted by Gasteiger charge is -2.29. The maximum atomic E-state index is 12.6. The molecule has 2 N–H and O–H groups in total. The molecular weight excluding hydrogens is 318 g/mol. The summed E-state index contributed by atoms with van der Waals surface area (Å²) in [7, 11) is 1.27. The molecule has 7 heteroatoms. The minimum Gasteiger partial charge on any atom is -0.481 e. The van der Waals surface area contributed by atoms with Crippen LogP contribution in [0.2, 0.25) is 0 Å². The summed E-state index contributed by atoms with van der Waals surface area (Å²) in [4.78, 5) is 36.0. The molecule has 0 aliphatic heterocycles. The van der Waals surface area contributed by atoms with Gasteiger partial charge in [-0.05, 0) is 38.1 Å². The number of rotatable bonds is 4. The van der Waals surface area contributed by atoms with Gasteiger partial charge in [0.25, 0.3) is 0 Å². The SMILES string of the molecule is COC(=O)c1sccc1NC(=O)[C@H]1CC(C)=C(C)C[C@H]1C(=O)O. The monoisotopic (exact) mass is 337 g/mol. The number of carbonyl (C=O) groups is 3. The van der Waals surface area contributed by atoms with E-state index < -0.39 is 23.8 Å². The molecule has 0 spiro atoms. The van der Waals surface area contributed by atoms with Crippen molar-refractivity contribution in [3.63, 3.8) is 0 Å². The molecule has 0 saturated carbocycles. The van der Waals surface area contributed by atoms with Crippen molar-refractivity contribution in [3.8, 4) is 0 Å². The van der Waals surface area contributed by atoms with Gasteiger partial charge in [-0.1, -0.05) is 11.1 Å². The predicted molar refractivity (Wildman–Crippen MR) is 86.5 cm³/mol. The van der Waals surface area contributed by atoms with Crippen LogP contribution >= 0.6 is 11.3 Å². The number of carboxylic acid groups (broad SMARTS) is 1. The van der Waals surface area contributed by atoms with E-state index in [1.165, 1.54) is 7.11 Å². The second-order valence-electron chi connectivity index (χ2n) is 5.66. The minimum absolute atomic E-state index is 0.298. The van der Waals surface area contributed by atoms with E-state index in [2.05, 4.69) is 10.1 Å². The Kier molecular flexibility index (Phi) is 5.20. The number of esters is 1. The lowest BCUT2D eigenvalue weighted by atomic mass is 9.76. The standard InChI is InChI=1S/C16H19NO5S/c1-8-6-10(11(15(19)20)7-9(8)2)14(18)17-12-4-5-23-13(12)16(21)22-3/h4-5,10-11H,6-7H2,1-3H3,(H,17,18)(H,19,20)/t10-,11+/m0/s1. The molecule has 1 amide bonds. The van der Waals surface area contributed by atoms with Crippen LogP contribution in [0, 0.1) is 11.8 Å². The van der Waals surface area contributed by atoms with E-state index in [-0.39, 0.29) is 5.91 Å². The Morgan fingerprint density at radius 2 is 1.83 bits per heavy atom. The molecule has 2 atom stereocenters. The number of hydrogen-bond donors (Lipinski definition) is 2. The molecule has 2 rings (SSSR count). The summed E-state index contributed by atoms with van der Waals surface area (Å²) in [6.45, 7) is 3.81. The van der Waals surface area contributed by atoms with E-state index in [1.54, 1.807) is 11.4 Å². The number of ether oxygens (including phenoxy) is 1. The molecule has 0 fully saturated rings. The fraction of sp³-hybridized carbons (Fsp3) is 0.438. The molecule has 0 bridgehead atoms. The first-order valence-corrected chi connectivity index (χ1v) is 8.07. The predicted octanol–water partition coefficient (Wildman–Crippen LogP) is 2.92. The highest BCUT2D eigenvalue weighted by Crippen LogP contribution is 2.35. The topological polar surface area (TPSA) is 92.7 Å². The van der Waals surface area contributed by atoms with Crippen molar-refractivity contribution in [1.82, 2.24) is 0 Å². The lowest BCUT2D eigenvalue weighted by molar-refractivity contribution is -0.146. The lowest BCUT2D eigenvalue weighted by Crippen LogP contribution is -2.36. The average Bonchev–Trinajstić information content (AvgIpc) is 2.96. The Balaban J connectivity index is 2.21. The molecule has 0 radical (unpaired) electrons. The Bertz CT molecular complexity index is 676. The summed E-state index contributed by atoms with van der Waals surface area (Å²) in [5.74, 6) is -3.29. The zero-order valence-corrected chi connectivity index (χ0v) is 14.0. The van der Waals surface area contributed by atoms with E-state index in [4.69, 9.17) is 0 Å². The maximum Gasteiger partial charge on any atom is 0.350 e. The normalized spacial score (nSPS) is 21.0. The smallest absolute Gasteiger partial charge is 0.350 e. The van der Waals surface area contributed by atoms with E-state index >= 15 is 0 Å². The van der Waals surface area contributed by atoms with E-state index in [0.29, 0.717) is 23.4 Å². The number of thiophene rings is 1. The van der Waals surface area contributed by atoms with Crippen LogP contribution in [0.1, 0.15) is 36.4 Å². The third kappa shape index (κ3) is 3.61. The molecule has 23 heavy (non-hydrogen) atoms. The molecular formula is C16H19NO5S. The van der Waals surface area contributed by atoms with Crippen LogP contribution in [-0.4, -0.2) is 30.1 Å². The van der Waals surface area contributed by atoms with Gasteiger partial charge in [0.05, 0.1) is 24.6 Å². The van der Waals surface area contributed by atoms with Gasteiger partial charge < -0.3 is 15.2 Å². The molecule has 1 aromatic rings. The molecule has 1 heterocycles. The fourth-order valence-corrected chi connectivity index (χ4v) is 3.48. The van der Waals surface area contributed by atoms with Crippen LogP contribution in [0.15, 0.2) is 22.6 Å². The Labute approximate surface area is 138 Å². The number of aliphatic carboxylic acids is 1. The van der Waals surface area contributed by atoms with Crippen molar-refractivity contribution in [2.75, 3.05) is 12.4 Å². The molecule has 124 valence electrons. The highest BCUT2D eigenvalue weighted by Gasteiger charge is 2.37. The van der Waals surface area contributed by atoms with E-state index in [0.717, 1.165) is 22.5 Å². The second-order valence-corrected chi connectivity index (χ2v) is 6.58. The van der Waals surface area contributed by atoms with Crippen LogP contribution in [0.4, 0.5) is 5.69 Å². The zero-order valence-electron chi connectivity index (χ0n) is 13.2. The Hall–Kier alpha value is -2.15. The number of allylic oxidation sites excluding steroid dienone is 2. The highest BCUT2D eigenvalue weighted by atomic mass is 32.1. The van der Waals surface area contributed by atoms with Gasteiger partial charge in [0.15, 0.2) is 0 Å². The molecule has 1 aliphatic rings. The number of carboxylic acids is 1. The highest BCUT2D eigenvalue weighted by molar-refractivity contribution is 7.12. The number of carbonyl (C=O) groups excluding carboxylic acids is 2. The van der Waals surface area contributed by atoms with Gasteiger partial charge in [-0.2, -0.15) is 0 Å². The van der Waals surface area contributed by atoms with Crippen LogP contribution in [0.3, 0.4) is 0 Å². The summed E-state index contributed by atoms with van der Waals surface area (Å²) >= 11 is 1.16. The number of methoxy groups -OCH3 is 1. The van der Waals surface area contributed by atoms with Crippen molar-refractivity contribution < 1.29 is 24.2 Å². The maximum absolute atomic E-state index is 12.6. The van der Waals surface area contributed by atoms with Crippen molar-refractivity contribution in [2.45, 2.75) is 26.7 Å². The average molecular weight is 337 g/mol. The Morgan fingerprint density at radius 1 is 1.22 bits per heavy atom. The first-order chi connectivity index (χ1) is 10.8. The molecule has 1 aliphatic carbocycles. The van der Waals surface area contributed by atoms with Crippen LogP contribution in [0.25, 0.3) is 0 Å². The number of anilines is 1. The molecule has 0 unspecified atom stereocenters. The fourth-order valence-electron chi connectivity index (χ4n) is 2.71. The van der Waals surface area contributed by atoms with Crippen molar-refractivity contribution in [3.05, 3.63) is 27.5 Å². The van der Waals surface area contributed by atoms with Gasteiger partial charge in [-0.25, -0.2) is 4.79 Å². The van der Waals surface area contributed by atoms with Gasteiger partial charge in [-0.3, -0.25) is 9.59 Å². The summed E-state index contributed by atoms with van der Waals surface area (Å²) in [6, 6.07) is 1.61. The van der Waals surface area contributed by atoms with Gasteiger partial charge in [-0.15, -0.1) is 11.3 Å². The summed E-state index contributed by atoms with van der Waals surface area (Å²) in [5.41, 5.74) is 2.42. The molecule has 6 nitrogen and oxygen atoms in total. The third-order valence-corrected chi connectivity index (χ3v) is 5.11. The van der Waals surface area contributed by atoms with Crippen LogP contribution in [0.5, 0.6) is 0 Å². The quantitative estimate of drug-likeness (QED) is 0.651. The van der Waals surface area contributed by atoms with Gasteiger partial charge in [0.1, 0.15) is 4.88 Å². The van der Waals surface area contributed by atoms with E-state index in [1.807, 2.05) is 13.8 Å². The third-order valence-electron chi connectivity index (χ3n) is 4.21. The molecule has 0 saturated heterocycles. The Morgan fingerprint density at radius 3 is 2.39 bits per heavy atom. The molecule has 1 aromatic heterocycles. The van der Waals surface area contributed by atoms with Gasteiger partial charge in [0.2, 0.25) is 5.91 Å². The first kappa shape index (κ1) is 17.2. The van der Waals surface area contributed by atoms with E-state index in [9.17, 15) is 19.5 Å². The second kappa shape index (κ2) is 6.95. The first-order valence-electron chi connectivity index (χ1n) is 7.19. The van der Waals surface area contributed by atoms with Gasteiger partial charge in [0, 0.05) is 0 Å². The van der Waals surface area contributed by atoms with Gasteiger partial charge >= 0.3 is 11.9 Å². The number of hydrogen-bond acceptors (Lipinski definition) is 5. The van der Waals surface area contributed by atoms with Crippen LogP contribution in [-0.2, 0) is 14.3 Å². The minimum atomic E-state index is -0.976. The number of nitrogens with one attached hydrogen (secondary N) is 1. The molecule has 0 aromatic carbocycles. The summed E-state index contributed by atoms with van der Waals surface area (Å²) in [5, 5.41) is 13.7. The zero-order chi connectivity index (χ0) is 17.1. The largest absolute Gasteiger partial charge is 0.481 e. The number of amides is 1. The van der Waals surface area contributed by atoms with Crippen molar-refractivity contribution in [2.24, 2.45) is 11.8 Å². The summed E-state index contributed by atoms with van der Waals surface area (Å²) in [6.07, 6.45) is 0.777. The van der Waals surface area contributed by atoms with Crippen molar-refractivity contribution >= 4 is 34.9 Å².